The van der Waals surface area contributed by atoms with E-state index in [4.69, 9.17) is 0 Å². The second-order valence-electron chi connectivity index (χ2n) is 8.66. The number of nitrogens with one attached hydrogen (secondary N) is 2. The van der Waals surface area contributed by atoms with Crippen LogP contribution in [0.25, 0.3) is 0 Å². The number of nitrogens with zero attached hydrogens (tertiary/aromatic N) is 3. The summed E-state index contributed by atoms with van der Waals surface area (Å²) in [5.74, 6) is 0.220. The summed E-state index contributed by atoms with van der Waals surface area (Å²) in [6.45, 7) is 8.88. The van der Waals surface area contributed by atoms with Gasteiger partial charge in [0.25, 0.3) is 5.91 Å². The summed E-state index contributed by atoms with van der Waals surface area (Å²) in [6.07, 6.45) is 4.55. The Morgan fingerprint density at radius 2 is 1.80 bits per heavy atom. The van der Waals surface area contributed by atoms with Gasteiger partial charge in [-0.25, -0.2) is 0 Å². The van der Waals surface area contributed by atoms with Crippen LogP contribution in [0.5, 0.6) is 0 Å². The molecule has 1 unspecified atom stereocenters. The van der Waals surface area contributed by atoms with Crippen molar-refractivity contribution in [2.75, 3.05) is 57.3 Å². The van der Waals surface area contributed by atoms with Crippen molar-refractivity contribution in [3.05, 3.63) is 29.8 Å². The number of rotatable bonds is 6. The first kappa shape index (κ1) is 21.1. The van der Waals surface area contributed by atoms with Crippen LogP contribution >= 0.6 is 0 Å². The maximum atomic E-state index is 13.0. The molecule has 3 aliphatic rings. The lowest BCUT2D eigenvalue weighted by Gasteiger charge is -2.44. The van der Waals surface area contributed by atoms with E-state index in [9.17, 15) is 9.59 Å². The zero-order valence-corrected chi connectivity index (χ0v) is 18.1. The first-order valence-corrected chi connectivity index (χ1v) is 11.5. The van der Waals surface area contributed by atoms with Crippen LogP contribution in [0, 0.1) is 0 Å². The fourth-order valence-electron chi connectivity index (χ4n) is 4.77. The van der Waals surface area contributed by atoms with E-state index in [-0.39, 0.29) is 17.9 Å². The third-order valence-electron chi connectivity index (χ3n) is 6.82. The third kappa shape index (κ3) is 4.78. The lowest BCUT2D eigenvalue weighted by atomic mass is 9.91. The van der Waals surface area contributed by atoms with Gasteiger partial charge >= 0.3 is 0 Å². The van der Waals surface area contributed by atoms with Gasteiger partial charge in [-0.05, 0) is 44.0 Å². The summed E-state index contributed by atoms with van der Waals surface area (Å²) in [4.78, 5) is 32.0. The van der Waals surface area contributed by atoms with Crippen LogP contribution in [-0.4, -0.2) is 86.1 Å². The second-order valence-corrected chi connectivity index (χ2v) is 8.66. The van der Waals surface area contributed by atoms with Crippen LogP contribution in [0.2, 0.25) is 0 Å². The van der Waals surface area contributed by atoms with E-state index < -0.39 is 0 Å². The zero-order chi connectivity index (χ0) is 20.9. The minimum atomic E-state index is -0.0443. The summed E-state index contributed by atoms with van der Waals surface area (Å²) in [5.41, 5.74) is 1.75. The zero-order valence-electron chi connectivity index (χ0n) is 18.1. The Hall–Kier alpha value is -2.12. The molecule has 30 heavy (non-hydrogen) atoms. The van der Waals surface area contributed by atoms with Crippen molar-refractivity contribution in [1.29, 1.82) is 0 Å². The fraction of sp³-hybridized carbons (Fsp3) is 0.652. The fourth-order valence-corrected chi connectivity index (χ4v) is 4.77. The van der Waals surface area contributed by atoms with Crippen molar-refractivity contribution in [3.63, 3.8) is 0 Å². The molecule has 7 nitrogen and oxygen atoms in total. The van der Waals surface area contributed by atoms with Gasteiger partial charge in [0.15, 0.2) is 0 Å². The van der Waals surface area contributed by atoms with Gasteiger partial charge in [-0.15, -0.1) is 0 Å². The third-order valence-corrected chi connectivity index (χ3v) is 6.82. The van der Waals surface area contributed by atoms with Gasteiger partial charge in [-0.3, -0.25) is 14.5 Å². The summed E-state index contributed by atoms with van der Waals surface area (Å²) in [6, 6.07) is 8.67. The van der Waals surface area contributed by atoms with Crippen LogP contribution in [0.1, 0.15) is 43.0 Å². The average molecular weight is 414 g/mol. The molecule has 1 aromatic rings. The first-order valence-electron chi connectivity index (χ1n) is 11.5. The first-order chi connectivity index (χ1) is 14.7. The summed E-state index contributed by atoms with van der Waals surface area (Å²) < 4.78 is 0. The highest BCUT2D eigenvalue weighted by atomic mass is 16.2. The summed E-state index contributed by atoms with van der Waals surface area (Å²) in [7, 11) is 0. The van der Waals surface area contributed by atoms with E-state index in [1.807, 2.05) is 31.2 Å². The highest BCUT2D eigenvalue weighted by molar-refractivity contribution is 5.94. The maximum Gasteiger partial charge on any atom is 0.251 e. The van der Waals surface area contributed by atoms with Crippen LogP contribution in [0.15, 0.2) is 24.3 Å². The molecule has 1 atom stereocenters. The smallest absolute Gasteiger partial charge is 0.251 e. The Labute approximate surface area is 179 Å². The quantitative estimate of drug-likeness (QED) is 0.736. The Balaban J connectivity index is 1.34. The molecule has 4 rings (SSSR count). The van der Waals surface area contributed by atoms with Crippen LogP contribution in [0.4, 0.5) is 5.69 Å². The van der Waals surface area contributed by atoms with Crippen molar-refractivity contribution in [2.45, 2.75) is 44.7 Å². The number of piperazine rings is 2. The largest absolute Gasteiger partial charge is 0.365 e. The van der Waals surface area contributed by atoms with E-state index in [1.54, 1.807) is 0 Å². The molecule has 0 radical (unpaired) electrons. The predicted molar refractivity (Wildman–Crippen MR) is 119 cm³/mol. The number of hydrogen-bond donors (Lipinski definition) is 2. The van der Waals surface area contributed by atoms with Gasteiger partial charge in [-0.1, -0.05) is 6.42 Å². The molecule has 1 saturated carbocycles. The highest BCUT2D eigenvalue weighted by Crippen LogP contribution is 2.26. The minimum absolute atomic E-state index is 0.0443. The van der Waals surface area contributed by atoms with E-state index >= 15 is 0 Å². The van der Waals surface area contributed by atoms with E-state index in [0.29, 0.717) is 18.5 Å². The molecule has 3 fully saturated rings. The van der Waals surface area contributed by atoms with Gasteiger partial charge in [0.1, 0.15) is 0 Å². The standard InChI is InChI=1S/C23H35N5O2/c1-2-25-23(30)18-6-8-20(9-7-18)28-11-10-24-17-21(28)16-22(29)27-14-12-26(13-15-27)19-4-3-5-19/h6-9,19,21,24H,2-5,10-17H2,1H3,(H,25,30). The molecule has 0 bridgehead atoms. The normalized spacial score (nSPS) is 23.2. The Morgan fingerprint density at radius 1 is 1.07 bits per heavy atom. The van der Waals surface area contributed by atoms with E-state index in [1.165, 1.54) is 19.3 Å². The molecule has 2 N–H and O–H groups in total. The van der Waals surface area contributed by atoms with Crippen molar-refractivity contribution in [1.82, 2.24) is 20.4 Å². The summed E-state index contributed by atoms with van der Waals surface area (Å²) in [5, 5.41) is 6.27. The minimum Gasteiger partial charge on any atom is -0.365 e. The molecule has 2 aliphatic heterocycles. The molecule has 0 spiro atoms. The molecule has 7 heteroatoms. The van der Waals surface area contributed by atoms with Gasteiger partial charge in [0, 0.05) is 76.1 Å². The highest BCUT2D eigenvalue weighted by Gasteiger charge is 2.31. The van der Waals surface area contributed by atoms with Gasteiger partial charge < -0.3 is 20.4 Å². The van der Waals surface area contributed by atoms with Gasteiger partial charge in [-0.2, -0.15) is 0 Å². The summed E-state index contributed by atoms with van der Waals surface area (Å²) >= 11 is 0. The monoisotopic (exact) mass is 413 g/mol. The van der Waals surface area contributed by atoms with Gasteiger partial charge in [0.2, 0.25) is 5.91 Å². The maximum absolute atomic E-state index is 13.0. The molecule has 2 heterocycles. The average Bonchev–Trinajstić information content (AvgIpc) is 2.74. The number of carbonyl (C=O) groups excluding carboxylic acids is 2. The molecular formula is C23H35N5O2. The van der Waals surface area contributed by atoms with Crippen LogP contribution < -0.4 is 15.5 Å². The van der Waals surface area contributed by atoms with Crippen molar-refractivity contribution in [3.8, 4) is 0 Å². The number of hydrogen-bond acceptors (Lipinski definition) is 5. The molecule has 164 valence electrons. The van der Waals surface area contributed by atoms with Crippen molar-refractivity contribution in [2.24, 2.45) is 0 Å². The lowest BCUT2D eigenvalue weighted by Crippen LogP contribution is -2.56. The van der Waals surface area contributed by atoms with Crippen molar-refractivity contribution < 1.29 is 9.59 Å². The number of amides is 2. The van der Waals surface area contributed by atoms with Crippen molar-refractivity contribution >= 4 is 17.5 Å². The van der Waals surface area contributed by atoms with Crippen LogP contribution in [-0.2, 0) is 4.79 Å². The Morgan fingerprint density at radius 3 is 2.43 bits per heavy atom. The molecular weight excluding hydrogens is 378 g/mol. The second kappa shape index (κ2) is 9.79. The van der Waals surface area contributed by atoms with Crippen LogP contribution in [0.3, 0.4) is 0 Å². The molecule has 2 saturated heterocycles. The molecule has 1 aromatic carbocycles. The SMILES string of the molecule is CCNC(=O)c1ccc(N2CCNCC2CC(=O)N2CCN(C3CCC3)CC2)cc1. The van der Waals surface area contributed by atoms with Gasteiger partial charge in [0.05, 0.1) is 6.04 Å². The number of carbonyl (C=O) groups is 2. The number of anilines is 1. The van der Waals surface area contributed by atoms with E-state index in [0.717, 1.165) is 57.5 Å². The Kier molecular flexibility index (Phi) is 6.89. The lowest BCUT2D eigenvalue weighted by molar-refractivity contribution is -0.134. The predicted octanol–water partition coefficient (Wildman–Crippen LogP) is 1.30. The molecule has 1 aliphatic carbocycles. The van der Waals surface area contributed by atoms with E-state index in [2.05, 4.69) is 25.3 Å². The molecule has 2 amide bonds. The topological polar surface area (TPSA) is 67.9 Å². The molecule has 0 aromatic heterocycles. The number of benzene rings is 1. The Bertz CT molecular complexity index is 726.